The quantitative estimate of drug-likeness (QED) is 0.690. The van der Waals surface area contributed by atoms with Gasteiger partial charge in [0.05, 0.1) is 16.4 Å². The Balaban J connectivity index is 1.46. The lowest BCUT2D eigenvalue weighted by Crippen LogP contribution is -2.25. The maximum atomic E-state index is 13.1. The number of likely N-dealkylation sites (tertiary alicyclic amines) is 1. The van der Waals surface area contributed by atoms with Crippen LogP contribution in [0.4, 0.5) is 4.39 Å². The van der Waals surface area contributed by atoms with Crippen LogP contribution in [0.25, 0.3) is 11.3 Å². The van der Waals surface area contributed by atoms with Crippen molar-refractivity contribution in [1.29, 1.82) is 0 Å². The summed E-state index contributed by atoms with van der Waals surface area (Å²) in [5.74, 6) is 0.430. The number of hydrogen-bond acceptors (Lipinski definition) is 4. The summed E-state index contributed by atoms with van der Waals surface area (Å²) < 4.78 is 44.6. The monoisotopic (exact) mass is 383 g/mol. The van der Waals surface area contributed by atoms with Gasteiger partial charge in [-0.3, -0.25) is 4.90 Å². The highest BCUT2D eigenvalue weighted by Crippen LogP contribution is 2.46. The van der Waals surface area contributed by atoms with Crippen LogP contribution in [-0.4, -0.2) is 31.7 Å². The van der Waals surface area contributed by atoms with Gasteiger partial charge in [0.1, 0.15) is 11.6 Å². The molecule has 5 rings (SSSR count). The average Bonchev–Trinajstić information content (AvgIpc) is 3.36. The summed E-state index contributed by atoms with van der Waals surface area (Å²) >= 11 is 0. The van der Waals surface area contributed by atoms with Crippen LogP contribution in [0.1, 0.15) is 17.0 Å². The fourth-order valence-electron chi connectivity index (χ4n) is 4.30. The van der Waals surface area contributed by atoms with Crippen LogP contribution in [0.3, 0.4) is 0 Å². The van der Waals surface area contributed by atoms with Gasteiger partial charge in [-0.05, 0) is 53.6 Å². The lowest BCUT2D eigenvalue weighted by molar-refractivity contribution is 0.325. The van der Waals surface area contributed by atoms with Crippen molar-refractivity contribution in [2.75, 3.05) is 13.1 Å². The van der Waals surface area contributed by atoms with Crippen LogP contribution < -0.4 is 0 Å². The van der Waals surface area contributed by atoms with E-state index in [2.05, 4.69) is 4.90 Å². The first-order valence-corrected chi connectivity index (χ1v) is 10.5. The van der Waals surface area contributed by atoms with E-state index in [4.69, 9.17) is 4.42 Å². The molecule has 0 radical (unpaired) electrons. The summed E-state index contributed by atoms with van der Waals surface area (Å²) in [5, 5.41) is -0.417. The molecule has 0 N–H and O–H groups in total. The molecule has 27 heavy (non-hydrogen) atoms. The van der Waals surface area contributed by atoms with Gasteiger partial charge in [-0.2, -0.15) is 0 Å². The van der Waals surface area contributed by atoms with Gasteiger partial charge in [-0.1, -0.05) is 12.1 Å². The zero-order valence-electron chi connectivity index (χ0n) is 14.5. The summed E-state index contributed by atoms with van der Waals surface area (Å²) in [6.07, 6.45) is 1.61. The second-order valence-electron chi connectivity index (χ2n) is 7.24. The molecule has 2 aliphatic heterocycles. The first-order chi connectivity index (χ1) is 13.0. The van der Waals surface area contributed by atoms with Gasteiger partial charge >= 0.3 is 0 Å². The largest absolute Gasteiger partial charge is 0.464 e. The Morgan fingerprint density at radius 2 is 1.89 bits per heavy atom. The summed E-state index contributed by atoms with van der Waals surface area (Å²) in [7, 11) is -3.33. The van der Waals surface area contributed by atoms with Crippen molar-refractivity contribution in [1.82, 2.24) is 4.90 Å². The van der Waals surface area contributed by atoms with E-state index in [9.17, 15) is 12.8 Å². The first-order valence-electron chi connectivity index (χ1n) is 8.91. The highest BCUT2D eigenvalue weighted by Gasteiger charge is 2.50. The van der Waals surface area contributed by atoms with Gasteiger partial charge in [0, 0.05) is 31.1 Å². The van der Waals surface area contributed by atoms with Crippen molar-refractivity contribution >= 4 is 9.84 Å². The van der Waals surface area contributed by atoms with Gasteiger partial charge in [0.2, 0.25) is 0 Å². The minimum Gasteiger partial charge on any atom is -0.464 e. The standard InChI is InChI=1S/C21H18FNO3S/c22-16-6-3-14(4-7-16)11-23-12-18-17-10-15(19-2-1-9-26-19)5-8-20(17)27(24,25)21(18)13-23/h1-10,18,21H,11-13H2. The minimum atomic E-state index is -3.33. The number of benzene rings is 2. The Labute approximate surface area is 157 Å². The summed E-state index contributed by atoms with van der Waals surface area (Å²) in [6.45, 7) is 1.79. The van der Waals surface area contributed by atoms with E-state index in [1.807, 2.05) is 24.3 Å². The van der Waals surface area contributed by atoms with Crippen LogP contribution >= 0.6 is 0 Å². The van der Waals surface area contributed by atoms with Crippen molar-refractivity contribution in [2.45, 2.75) is 22.6 Å². The molecule has 0 spiro atoms. The van der Waals surface area contributed by atoms with Crippen LogP contribution in [0, 0.1) is 5.82 Å². The van der Waals surface area contributed by atoms with Crippen molar-refractivity contribution in [3.05, 3.63) is 77.8 Å². The van der Waals surface area contributed by atoms with E-state index < -0.39 is 15.1 Å². The summed E-state index contributed by atoms with van der Waals surface area (Å²) in [5.41, 5.74) is 2.76. The second-order valence-corrected chi connectivity index (χ2v) is 9.38. The Morgan fingerprint density at radius 3 is 2.63 bits per heavy atom. The number of fused-ring (bicyclic) bond motifs is 3. The molecule has 2 atom stereocenters. The maximum Gasteiger partial charge on any atom is 0.183 e. The number of nitrogens with zero attached hydrogens (tertiary/aromatic N) is 1. The van der Waals surface area contributed by atoms with Gasteiger partial charge in [0.15, 0.2) is 9.84 Å². The van der Waals surface area contributed by atoms with E-state index in [0.717, 1.165) is 22.5 Å². The minimum absolute atomic E-state index is 0.0413. The third kappa shape index (κ3) is 2.71. The highest BCUT2D eigenvalue weighted by molar-refractivity contribution is 7.92. The predicted octanol–water partition coefficient (Wildman–Crippen LogP) is 3.84. The molecule has 2 aliphatic rings. The Hall–Kier alpha value is -2.44. The van der Waals surface area contributed by atoms with Gasteiger partial charge < -0.3 is 4.42 Å². The third-order valence-electron chi connectivity index (χ3n) is 5.58. The van der Waals surface area contributed by atoms with E-state index in [-0.39, 0.29) is 11.7 Å². The molecule has 4 nitrogen and oxygen atoms in total. The Kier molecular flexibility index (Phi) is 3.74. The average molecular weight is 383 g/mol. The maximum absolute atomic E-state index is 13.1. The molecule has 138 valence electrons. The number of sulfone groups is 1. The molecular formula is C21H18FNO3S. The lowest BCUT2D eigenvalue weighted by atomic mass is 9.96. The van der Waals surface area contributed by atoms with Crippen molar-refractivity contribution < 1.29 is 17.2 Å². The highest BCUT2D eigenvalue weighted by atomic mass is 32.2. The fraction of sp³-hybridized carbons (Fsp3) is 0.238. The van der Waals surface area contributed by atoms with Gasteiger partial charge in [0.25, 0.3) is 0 Å². The van der Waals surface area contributed by atoms with E-state index in [0.29, 0.717) is 24.5 Å². The van der Waals surface area contributed by atoms with Crippen molar-refractivity contribution in [3.8, 4) is 11.3 Å². The Bertz CT molecular complexity index is 1090. The zero-order valence-corrected chi connectivity index (χ0v) is 15.3. The normalized spacial score (nSPS) is 23.3. The number of furan rings is 1. The molecule has 0 aliphatic carbocycles. The zero-order chi connectivity index (χ0) is 18.6. The molecule has 2 unspecified atom stereocenters. The van der Waals surface area contributed by atoms with E-state index in [1.54, 1.807) is 24.5 Å². The fourth-order valence-corrected chi connectivity index (χ4v) is 6.49. The van der Waals surface area contributed by atoms with Crippen LogP contribution in [-0.2, 0) is 16.4 Å². The third-order valence-corrected chi connectivity index (χ3v) is 7.84. The summed E-state index contributed by atoms with van der Waals surface area (Å²) in [4.78, 5) is 2.59. The van der Waals surface area contributed by atoms with E-state index in [1.165, 1.54) is 12.1 Å². The number of rotatable bonds is 3. The molecule has 1 aromatic heterocycles. The number of hydrogen-bond donors (Lipinski definition) is 0. The molecule has 0 bridgehead atoms. The second kappa shape index (κ2) is 6.04. The molecule has 0 amide bonds. The van der Waals surface area contributed by atoms with E-state index >= 15 is 0 Å². The van der Waals surface area contributed by atoms with Crippen LogP contribution in [0.5, 0.6) is 0 Å². The van der Waals surface area contributed by atoms with Crippen molar-refractivity contribution in [3.63, 3.8) is 0 Å². The van der Waals surface area contributed by atoms with Crippen molar-refractivity contribution in [2.24, 2.45) is 0 Å². The topological polar surface area (TPSA) is 50.5 Å². The molecule has 1 saturated heterocycles. The molecule has 6 heteroatoms. The Morgan fingerprint density at radius 1 is 1.07 bits per heavy atom. The first kappa shape index (κ1) is 16.7. The SMILES string of the molecule is O=S1(=O)c2ccc(-c3ccco3)cc2C2CN(Cc3ccc(F)cc3)CC21. The summed E-state index contributed by atoms with van der Waals surface area (Å²) in [6, 6.07) is 15.6. The molecule has 3 heterocycles. The van der Waals surface area contributed by atoms with Crippen LogP contribution in [0.15, 0.2) is 70.2 Å². The van der Waals surface area contributed by atoms with Crippen LogP contribution in [0.2, 0.25) is 0 Å². The molecular weight excluding hydrogens is 365 g/mol. The van der Waals surface area contributed by atoms with Gasteiger partial charge in [-0.15, -0.1) is 0 Å². The lowest BCUT2D eigenvalue weighted by Gasteiger charge is -2.17. The van der Waals surface area contributed by atoms with Gasteiger partial charge in [-0.25, -0.2) is 12.8 Å². The molecule has 2 aromatic carbocycles. The molecule has 0 saturated carbocycles. The molecule has 1 fully saturated rings. The number of halogens is 1. The molecule has 3 aromatic rings. The predicted molar refractivity (Wildman–Crippen MR) is 99.5 cm³/mol. The smallest absolute Gasteiger partial charge is 0.183 e.